The highest BCUT2D eigenvalue weighted by Gasteiger charge is 2.17. The lowest BCUT2D eigenvalue weighted by molar-refractivity contribution is -0.141. The highest BCUT2D eigenvalue weighted by Crippen LogP contribution is 2.23. The second-order valence-electron chi connectivity index (χ2n) is 4.46. The van der Waals surface area contributed by atoms with Crippen molar-refractivity contribution in [2.24, 2.45) is 0 Å². The predicted molar refractivity (Wildman–Crippen MR) is 76.9 cm³/mol. The fourth-order valence-electron chi connectivity index (χ4n) is 1.91. The fraction of sp³-hybridized carbons (Fsp3) is 0.267. The molecule has 1 aromatic heterocycles. The summed E-state index contributed by atoms with van der Waals surface area (Å²) in [4.78, 5) is 12.4. The second-order valence-corrected chi connectivity index (χ2v) is 5.44. The number of thiophene rings is 1. The Hall–Kier alpha value is -1.79. The molecule has 1 atom stereocenters. The molecule has 0 saturated heterocycles. The zero-order chi connectivity index (χ0) is 15.2. The van der Waals surface area contributed by atoms with Crippen LogP contribution < -0.4 is 5.32 Å². The number of hydrogen-bond donors (Lipinski definition) is 1. The molecule has 112 valence electrons. The summed E-state index contributed by atoms with van der Waals surface area (Å²) in [5.41, 5.74) is 0.350. The molecule has 2 rings (SSSR count). The van der Waals surface area contributed by atoms with Crippen LogP contribution in [-0.4, -0.2) is 13.1 Å². The zero-order valence-corrected chi connectivity index (χ0v) is 12.3. The first kappa shape index (κ1) is 15.6. The molecule has 1 N–H and O–H groups in total. The molecule has 0 aliphatic heterocycles. The molecule has 0 aliphatic carbocycles. The van der Waals surface area contributed by atoms with Crippen molar-refractivity contribution >= 4 is 17.3 Å². The van der Waals surface area contributed by atoms with Gasteiger partial charge in [-0.25, -0.2) is 8.78 Å². The monoisotopic (exact) mass is 311 g/mol. The molecule has 6 heteroatoms. The Bertz CT molecular complexity index is 602. The summed E-state index contributed by atoms with van der Waals surface area (Å²) in [6, 6.07) is 6.96. The number of carbonyl (C=O) groups excluding carboxylic acids is 1. The van der Waals surface area contributed by atoms with E-state index in [1.54, 1.807) is 0 Å². The Morgan fingerprint density at radius 3 is 2.81 bits per heavy atom. The second kappa shape index (κ2) is 7.28. The van der Waals surface area contributed by atoms with Gasteiger partial charge in [-0.05, 0) is 17.5 Å². The average molecular weight is 311 g/mol. The quantitative estimate of drug-likeness (QED) is 0.831. The fourth-order valence-corrected chi connectivity index (χ4v) is 2.71. The van der Waals surface area contributed by atoms with E-state index >= 15 is 0 Å². The normalized spacial score (nSPS) is 12.1. The average Bonchev–Trinajstić information content (AvgIpc) is 2.98. The van der Waals surface area contributed by atoms with Crippen molar-refractivity contribution in [1.82, 2.24) is 5.32 Å². The highest BCUT2D eigenvalue weighted by atomic mass is 32.1. The summed E-state index contributed by atoms with van der Waals surface area (Å²) in [5.74, 6) is -1.56. The number of methoxy groups -OCH3 is 1. The van der Waals surface area contributed by atoms with E-state index in [1.165, 1.54) is 30.6 Å². The van der Waals surface area contributed by atoms with Gasteiger partial charge >= 0.3 is 5.97 Å². The third-order valence-corrected chi connectivity index (χ3v) is 4.03. The Morgan fingerprint density at radius 1 is 1.38 bits per heavy atom. The molecule has 1 aromatic carbocycles. The SMILES string of the molecule is COC(=O)CC(NCc1ccc(F)cc1F)c1cccs1. The number of halogens is 2. The van der Waals surface area contributed by atoms with E-state index in [1.807, 2.05) is 17.5 Å². The molecule has 2 aromatic rings. The van der Waals surface area contributed by atoms with E-state index in [2.05, 4.69) is 10.1 Å². The summed E-state index contributed by atoms with van der Waals surface area (Å²) < 4.78 is 31.1. The van der Waals surface area contributed by atoms with Crippen molar-refractivity contribution in [2.45, 2.75) is 19.0 Å². The number of carbonyl (C=O) groups is 1. The van der Waals surface area contributed by atoms with Crippen LogP contribution in [0.3, 0.4) is 0 Å². The maximum absolute atomic E-state index is 13.6. The van der Waals surface area contributed by atoms with Gasteiger partial charge in [-0.2, -0.15) is 0 Å². The van der Waals surface area contributed by atoms with Crippen LogP contribution in [0.4, 0.5) is 8.78 Å². The Balaban J connectivity index is 2.06. The van der Waals surface area contributed by atoms with Gasteiger partial charge in [-0.15, -0.1) is 11.3 Å². The van der Waals surface area contributed by atoms with E-state index in [0.717, 1.165) is 10.9 Å². The predicted octanol–water partition coefficient (Wildman–Crippen LogP) is 3.42. The molecule has 0 fully saturated rings. The van der Waals surface area contributed by atoms with Crippen molar-refractivity contribution < 1.29 is 18.3 Å². The van der Waals surface area contributed by atoms with Gasteiger partial charge in [0, 0.05) is 23.1 Å². The Kier molecular flexibility index (Phi) is 5.41. The molecule has 0 aliphatic rings. The lowest BCUT2D eigenvalue weighted by atomic mass is 10.1. The van der Waals surface area contributed by atoms with Crippen LogP contribution in [-0.2, 0) is 16.1 Å². The first-order valence-corrected chi connectivity index (χ1v) is 7.25. The van der Waals surface area contributed by atoms with Crippen LogP contribution in [0.1, 0.15) is 22.9 Å². The largest absolute Gasteiger partial charge is 0.469 e. The maximum atomic E-state index is 13.6. The Labute approximate surface area is 125 Å². The molecule has 1 unspecified atom stereocenters. The molecule has 3 nitrogen and oxygen atoms in total. The third-order valence-electron chi connectivity index (χ3n) is 3.04. The minimum atomic E-state index is -0.611. The van der Waals surface area contributed by atoms with Gasteiger partial charge in [0.1, 0.15) is 11.6 Å². The maximum Gasteiger partial charge on any atom is 0.307 e. The first-order valence-electron chi connectivity index (χ1n) is 6.37. The molecule has 0 spiro atoms. The van der Waals surface area contributed by atoms with Crippen molar-refractivity contribution in [3.05, 3.63) is 57.8 Å². The molecule has 0 bridgehead atoms. The number of benzene rings is 1. The summed E-state index contributed by atoms with van der Waals surface area (Å²) in [5, 5.41) is 5.01. The van der Waals surface area contributed by atoms with Gasteiger partial charge in [-0.1, -0.05) is 12.1 Å². The molecule has 0 saturated carbocycles. The van der Waals surface area contributed by atoms with E-state index < -0.39 is 11.6 Å². The van der Waals surface area contributed by atoms with Gasteiger partial charge in [0.05, 0.1) is 19.6 Å². The van der Waals surface area contributed by atoms with Gasteiger partial charge < -0.3 is 10.1 Å². The highest BCUT2D eigenvalue weighted by molar-refractivity contribution is 7.10. The number of hydrogen-bond acceptors (Lipinski definition) is 4. The van der Waals surface area contributed by atoms with Crippen LogP contribution in [0.15, 0.2) is 35.7 Å². The van der Waals surface area contributed by atoms with E-state index in [9.17, 15) is 13.6 Å². The van der Waals surface area contributed by atoms with Crippen molar-refractivity contribution in [3.8, 4) is 0 Å². The number of nitrogens with one attached hydrogen (secondary N) is 1. The van der Waals surface area contributed by atoms with Crippen molar-refractivity contribution in [2.75, 3.05) is 7.11 Å². The Morgan fingerprint density at radius 2 is 2.19 bits per heavy atom. The lowest BCUT2D eigenvalue weighted by Crippen LogP contribution is -2.24. The first-order chi connectivity index (χ1) is 10.1. The molecule has 1 heterocycles. The van der Waals surface area contributed by atoms with Gasteiger partial charge in [-0.3, -0.25) is 4.79 Å². The van der Waals surface area contributed by atoms with Crippen LogP contribution >= 0.6 is 11.3 Å². The van der Waals surface area contributed by atoms with Gasteiger partial charge in [0.25, 0.3) is 0 Å². The summed E-state index contributed by atoms with van der Waals surface area (Å²) in [6.45, 7) is 0.200. The lowest BCUT2D eigenvalue weighted by Gasteiger charge is -2.16. The topological polar surface area (TPSA) is 38.3 Å². The zero-order valence-electron chi connectivity index (χ0n) is 11.4. The van der Waals surface area contributed by atoms with E-state index in [-0.39, 0.29) is 25.0 Å². The van der Waals surface area contributed by atoms with Crippen molar-refractivity contribution in [1.29, 1.82) is 0 Å². The van der Waals surface area contributed by atoms with Gasteiger partial charge in [0.2, 0.25) is 0 Å². The standard InChI is InChI=1S/C15H15F2NO2S/c1-20-15(19)8-13(14-3-2-6-21-14)18-9-10-4-5-11(16)7-12(10)17/h2-7,13,18H,8-9H2,1H3. The molecular formula is C15H15F2NO2S. The summed E-state index contributed by atoms with van der Waals surface area (Å²) in [6.07, 6.45) is 0.153. The van der Waals surface area contributed by atoms with Crippen LogP contribution in [0, 0.1) is 11.6 Å². The third kappa shape index (κ3) is 4.34. The molecule has 0 amide bonds. The van der Waals surface area contributed by atoms with Crippen LogP contribution in [0.5, 0.6) is 0 Å². The number of rotatable bonds is 6. The minimum Gasteiger partial charge on any atom is -0.469 e. The minimum absolute atomic E-state index is 0.153. The van der Waals surface area contributed by atoms with Gasteiger partial charge in [0.15, 0.2) is 0 Å². The molecule has 0 radical (unpaired) electrons. The van der Waals surface area contributed by atoms with Crippen LogP contribution in [0.2, 0.25) is 0 Å². The smallest absolute Gasteiger partial charge is 0.307 e. The number of ether oxygens (including phenoxy) is 1. The van der Waals surface area contributed by atoms with Crippen LogP contribution in [0.25, 0.3) is 0 Å². The summed E-state index contributed by atoms with van der Waals surface area (Å²) in [7, 11) is 1.33. The molecular weight excluding hydrogens is 296 g/mol. The molecule has 21 heavy (non-hydrogen) atoms. The van der Waals surface area contributed by atoms with E-state index in [4.69, 9.17) is 0 Å². The van der Waals surface area contributed by atoms with Crippen molar-refractivity contribution in [3.63, 3.8) is 0 Å². The van der Waals surface area contributed by atoms with E-state index in [0.29, 0.717) is 5.56 Å². The summed E-state index contributed by atoms with van der Waals surface area (Å²) >= 11 is 1.50. The number of esters is 1.